The summed E-state index contributed by atoms with van der Waals surface area (Å²) in [5.41, 5.74) is 1.26. The zero-order valence-electron chi connectivity index (χ0n) is 12.0. The molecule has 3 rings (SSSR count). The predicted octanol–water partition coefficient (Wildman–Crippen LogP) is 2.19. The number of carbonyl (C=O) groups excluding carboxylic acids is 1. The fourth-order valence-corrected chi connectivity index (χ4v) is 2.18. The molecule has 1 unspecified atom stereocenters. The van der Waals surface area contributed by atoms with Crippen molar-refractivity contribution in [3.05, 3.63) is 71.8 Å². The average molecular weight is 312 g/mol. The molecule has 0 aliphatic carbocycles. The molecular weight excluding hydrogens is 299 g/mol. The van der Waals surface area contributed by atoms with Crippen LogP contribution in [0.3, 0.4) is 0 Å². The third kappa shape index (κ3) is 3.57. The first-order chi connectivity index (χ1) is 11.1. The molecule has 1 aliphatic heterocycles. The van der Waals surface area contributed by atoms with Crippen LogP contribution in [0.1, 0.15) is 16.2 Å². The highest BCUT2D eigenvalue weighted by Crippen LogP contribution is 2.15. The first kappa shape index (κ1) is 14.8. The van der Waals surface area contributed by atoms with E-state index in [1.54, 1.807) is 18.2 Å². The van der Waals surface area contributed by atoms with Gasteiger partial charge in [-0.15, -0.1) is 0 Å². The number of hydrogen-bond donors (Lipinski definition) is 2. The number of aliphatic hydroxyl groups is 1. The summed E-state index contributed by atoms with van der Waals surface area (Å²) in [6.45, 7) is 0. The van der Waals surface area contributed by atoms with E-state index in [0.717, 1.165) is 11.6 Å². The van der Waals surface area contributed by atoms with Crippen LogP contribution < -0.4 is 0 Å². The molecule has 6 nitrogen and oxygen atoms in total. The van der Waals surface area contributed by atoms with E-state index < -0.39 is 5.78 Å². The number of H-pyrrole nitrogens is 1. The maximum atomic E-state index is 12.9. The lowest BCUT2D eigenvalue weighted by atomic mass is 10.1. The highest BCUT2D eigenvalue weighted by molar-refractivity contribution is 6.13. The average Bonchev–Trinajstić information content (AvgIpc) is 3.21. The van der Waals surface area contributed by atoms with Crippen molar-refractivity contribution < 1.29 is 14.3 Å². The maximum Gasteiger partial charge on any atom is 0.226 e. The molecule has 2 aromatic rings. The SMILES string of the molecule is O=C(/C=C(\O)C1=NC(Cc2ccc(F)cc2)C=C1)c1ncn[nH]1. The Bertz CT molecular complexity index is 792. The van der Waals surface area contributed by atoms with Crippen LogP contribution in [0.5, 0.6) is 0 Å². The van der Waals surface area contributed by atoms with Crippen molar-refractivity contribution >= 4 is 11.5 Å². The molecule has 2 N–H and O–H groups in total. The molecule has 23 heavy (non-hydrogen) atoms. The second-order valence-electron chi connectivity index (χ2n) is 5.00. The minimum Gasteiger partial charge on any atom is -0.506 e. The summed E-state index contributed by atoms with van der Waals surface area (Å²) in [7, 11) is 0. The van der Waals surface area contributed by atoms with E-state index in [0.29, 0.717) is 12.1 Å². The van der Waals surface area contributed by atoms with Gasteiger partial charge in [0.25, 0.3) is 0 Å². The van der Waals surface area contributed by atoms with E-state index in [1.807, 2.05) is 6.08 Å². The van der Waals surface area contributed by atoms with Crippen molar-refractivity contribution in [2.75, 3.05) is 0 Å². The Kier molecular flexibility index (Phi) is 4.09. The van der Waals surface area contributed by atoms with E-state index in [1.165, 1.54) is 18.5 Å². The fourth-order valence-electron chi connectivity index (χ4n) is 2.18. The molecule has 2 heterocycles. The van der Waals surface area contributed by atoms with E-state index in [9.17, 15) is 14.3 Å². The minimum atomic E-state index is -0.488. The summed E-state index contributed by atoms with van der Waals surface area (Å²) < 4.78 is 12.9. The highest BCUT2D eigenvalue weighted by atomic mass is 19.1. The van der Waals surface area contributed by atoms with Crippen LogP contribution in [-0.2, 0) is 6.42 Å². The van der Waals surface area contributed by atoms with E-state index in [-0.39, 0.29) is 23.4 Å². The zero-order chi connectivity index (χ0) is 16.2. The van der Waals surface area contributed by atoms with Crippen molar-refractivity contribution in [3.8, 4) is 0 Å². The Hall–Kier alpha value is -3.09. The lowest BCUT2D eigenvalue weighted by Gasteiger charge is -2.05. The molecule has 0 bridgehead atoms. The molecule has 1 atom stereocenters. The molecular formula is C16H13FN4O2. The number of ketones is 1. The van der Waals surface area contributed by atoms with Crippen LogP contribution in [0.2, 0.25) is 0 Å². The zero-order valence-corrected chi connectivity index (χ0v) is 12.0. The molecule has 116 valence electrons. The number of aliphatic hydroxyl groups excluding tert-OH is 1. The van der Waals surface area contributed by atoms with Gasteiger partial charge in [-0.05, 0) is 30.2 Å². The second-order valence-corrected chi connectivity index (χ2v) is 5.00. The Morgan fingerprint density at radius 2 is 2.13 bits per heavy atom. The number of aliphatic imine (C=N–C) groups is 1. The third-order valence-electron chi connectivity index (χ3n) is 3.32. The number of hydrogen-bond acceptors (Lipinski definition) is 5. The van der Waals surface area contributed by atoms with Crippen LogP contribution in [0, 0.1) is 5.82 Å². The Labute approximate surface area is 131 Å². The first-order valence-corrected chi connectivity index (χ1v) is 6.93. The summed E-state index contributed by atoms with van der Waals surface area (Å²) in [6.07, 6.45) is 6.31. The number of nitrogens with one attached hydrogen (secondary N) is 1. The highest BCUT2D eigenvalue weighted by Gasteiger charge is 2.16. The molecule has 0 spiro atoms. The number of aromatic amines is 1. The lowest BCUT2D eigenvalue weighted by molar-refractivity contribution is 0.103. The maximum absolute atomic E-state index is 12.9. The van der Waals surface area contributed by atoms with E-state index in [2.05, 4.69) is 20.2 Å². The van der Waals surface area contributed by atoms with Crippen molar-refractivity contribution in [1.29, 1.82) is 0 Å². The summed E-state index contributed by atoms with van der Waals surface area (Å²) >= 11 is 0. The Morgan fingerprint density at radius 1 is 1.35 bits per heavy atom. The molecule has 1 aromatic carbocycles. The van der Waals surface area contributed by atoms with Crippen LogP contribution in [0.25, 0.3) is 0 Å². The topological polar surface area (TPSA) is 91.2 Å². The lowest BCUT2D eigenvalue weighted by Crippen LogP contribution is -2.06. The smallest absolute Gasteiger partial charge is 0.226 e. The number of carbonyl (C=O) groups is 1. The van der Waals surface area contributed by atoms with E-state index >= 15 is 0 Å². The van der Waals surface area contributed by atoms with Gasteiger partial charge >= 0.3 is 0 Å². The van der Waals surface area contributed by atoms with Gasteiger partial charge in [-0.25, -0.2) is 9.37 Å². The molecule has 0 saturated carbocycles. The van der Waals surface area contributed by atoms with Crippen molar-refractivity contribution in [2.24, 2.45) is 4.99 Å². The van der Waals surface area contributed by atoms with Crippen LogP contribution in [-0.4, -0.2) is 37.8 Å². The Morgan fingerprint density at radius 3 is 2.83 bits per heavy atom. The van der Waals surface area contributed by atoms with Crippen LogP contribution in [0.4, 0.5) is 4.39 Å². The fraction of sp³-hybridized carbons (Fsp3) is 0.125. The monoisotopic (exact) mass is 312 g/mol. The van der Waals surface area contributed by atoms with Crippen molar-refractivity contribution in [2.45, 2.75) is 12.5 Å². The van der Waals surface area contributed by atoms with Gasteiger partial charge in [0.1, 0.15) is 17.9 Å². The number of allylic oxidation sites excluding steroid dienone is 2. The van der Waals surface area contributed by atoms with Crippen LogP contribution in [0.15, 0.2) is 59.6 Å². The van der Waals surface area contributed by atoms with Gasteiger partial charge in [-0.2, -0.15) is 5.10 Å². The third-order valence-corrected chi connectivity index (χ3v) is 3.32. The molecule has 0 saturated heterocycles. The summed E-state index contributed by atoms with van der Waals surface area (Å²) in [6, 6.07) is 6.02. The minimum absolute atomic E-state index is 0.0435. The quantitative estimate of drug-likeness (QED) is 0.503. The molecule has 0 amide bonds. The van der Waals surface area contributed by atoms with Crippen molar-refractivity contribution in [1.82, 2.24) is 15.2 Å². The van der Waals surface area contributed by atoms with Gasteiger partial charge in [0.2, 0.25) is 5.78 Å². The number of aromatic nitrogens is 3. The van der Waals surface area contributed by atoms with E-state index in [4.69, 9.17) is 0 Å². The van der Waals surface area contributed by atoms with Gasteiger partial charge in [0.15, 0.2) is 5.82 Å². The Balaban J connectivity index is 1.68. The van der Waals surface area contributed by atoms with Gasteiger partial charge in [0.05, 0.1) is 11.8 Å². The second kappa shape index (κ2) is 6.35. The summed E-state index contributed by atoms with van der Waals surface area (Å²) in [5.74, 6) is -0.962. The van der Waals surface area contributed by atoms with Gasteiger partial charge in [-0.1, -0.05) is 18.2 Å². The van der Waals surface area contributed by atoms with Gasteiger partial charge < -0.3 is 5.11 Å². The summed E-state index contributed by atoms with van der Waals surface area (Å²) in [4.78, 5) is 19.8. The summed E-state index contributed by atoms with van der Waals surface area (Å²) in [5, 5.41) is 16.0. The number of halogens is 1. The molecule has 1 aliphatic rings. The molecule has 1 aromatic heterocycles. The van der Waals surface area contributed by atoms with Gasteiger partial charge in [0, 0.05) is 6.08 Å². The van der Waals surface area contributed by atoms with Crippen LogP contribution >= 0.6 is 0 Å². The normalized spacial score (nSPS) is 17.3. The predicted molar refractivity (Wildman–Crippen MR) is 81.9 cm³/mol. The number of nitrogens with zero attached hydrogens (tertiary/aromatic N) is 3. The molecule has 0 fully saturated rings. The standard InChI is InChI=1S/C16H13FN4O2/c17-11-3-1-10(2-4-11)7-12-5-6-13(20-12)14(22)8-15(23)16-18-9-19-21-16/h1-6,8-9,12,22H,7H2,(H,18,19,21)/b14-8-. The molecule has 7 heteroatoms. The number of rotatable bonds is 5. The van der Waals surface area contributed by atoms with Crippen molar-refractivity contribution in [3.63, 3.8) is 0 Å². The largest absolute Gasteiger partial charge is 0.506 e. The first-order valence-electron chi connectivity index (χ1n) is 6.93. The number of benzene rings is 1. The van der Waals surface area contributed by atoms with Gasteiger partial charge in [-0.3, -0.25) is 14.9 Å². The molecule has 0 radical (unpaired) electrons.